The quantitative estimate of drug-likeness (QED) is 0.879. The summed E-state index contributed by atoms with van der Waals surface area (Å²) in [5.41, 5.74) is 0.395. The molecule has 0 spiro atoms. The Bertz CT molecular complexity index is 504. The first kappa shape index (κ1) is 13.5. The molecule has 1 heterocycles. The zero-order valence-corrected chi connectivity index (χ0v) is 11.0. The monoisotopic (exact) mass is 264 g/mol. The van der Waals surface area contributed by atoms with Crippen molar-refractivity contribution in [1.82, 2.24) is 10.2 Å². The molecular formula is C14H17FN2O2. The lowest BCUT2D eigenvalue weighted by Gasteiger charge is -2.38. The largest absolute Gasteiger partial charge is 0.359 e. The number of nitrogens with zero attached hydrogens (tertiary/aromatic N) is 1. The molecule has 4 nitrogen and oxygen atoms in total. The van der Waals surface area contributed by atoms with Gasteiger partial charge in [0.1, 0.15) is 5.82 Å². The molecule has 2 rings (SSSR count). The molecular weight excluding hydrogens is 247 g/mol. The highest BCUT2D eigenvalue weighted by atomic mass is 19.1. The van der Waals surface area contributed by atoms with Gasteiger partial charge in [-0.25, -0.2) is 4.39 Å². The summed E-state index contributed by atoms with van der Waals surface area (Å²) < 4.78 is 13.9. The van der Waals surface area contributed by atoms with E-state index in [4.69, 9.17) is 0 Å². The minimum absolute atomic E-state index is 0.0617. The van der Waals surface area contributed by atoms with Crippen LogP contribution in [0.3, 0.4) is 0 Å². The third-order valence-corrected chi connectivity index (χ3v) is 3.67. The summed E-state index contributed by atoms with van der Waals surface area (Å²) in [6, 6.07) is 5.75. The van der Waals surface area contributed by atoms with Crippen molar-refractivity contribution in [2.24, 2.45) is 5.92 Å². The van der Waals surface area contributed by atoms with E-state index in [1.54, 1.807) is 32.3 Å². The zero-order valence-electron chi connectivity index (χ0n) is 11.0. The van der Waals surface area contributed by atoms with E-state index in [1.165, 1.54) is 11.0 Å². The molecule has 5 heteroatoms. The van der Waals surface area contributed by atoms with Crippen LogP contribution in [0.1, 0.15) is 24.4 Å². The molecule has 0 aliphatic carbocycles. The van der Waals surface area contributed by atoms with Gasteiger partial charge in [-0.05, 0) is 12.5 Å². The number of likely N-dealkylation sites (tertiary alicyclic amines) is 1. The van der Waals surface area contributed by atoms with Crippen LogP contribution in [0.25, 0.3) is 0 Å². The van der Waals surface area contributed by atoms with E-state index >= 15 is 0 Å². The Balaban J connectivity index is 2.43. The predicted octanol–water partition coefficient (Wildman–Crippen LogP) is 1.48. The molecule has 0 unspecified atom stereocenters. The second-order valence-corrected chi connectivity index (χ2v) is 4.73. The van der Waals surface area contributed by atoms with Gasteiger partial charge in [0, 0.05) is 26.1 Å². The number of hydrogen-bond acceptors (Lipinski definition) is 2. The molecule has 1 aliphatic heterocycles. The maximum absolute atomic E-state index is 13.9. The minimum atomic E-state index is -0.539. The highest BCUT2D eigenvalue weighted by molar-refractivity contribution is 5.84. The van der Waals surface area contributed by atoms with Crippen LogP contribution in [0, 0.1) is 11.7 Å². The van der Waals surface area contributed by atoms with Gasteiger partial charge in [-0.2, -0.15) is 0 Å². The lowest BCUT2D eigenvalue weighted by Crippen LogP contribution is -2.46. The summed E-state index contributed by atoms with van der Waals surface area (Å²) in [6.07, 6.45) is 0.765. The first-order valence-corrected chi connectivity index (χ1v) is 6.28. The van der Waals surface area contributed by atoms with Gasteiger partial charge in [0.15, 0.2) is 0 Å². The van der Waals surface area contributed by atoms with Crippen molar-refractivity contribution in [3.63, 3.8) is 0 Å². The number of carbonyl (C=O) groups is 2. The molecule has 1 N–H and O–H groups in total. The average Bonchev–Trinajstić information content (AvgIpc) is 2.42. The zero-order chi connectivity index (χ0) is 14.0. The maximum atomic E-state index is 13.9. The summed E-state index contributed by atoms with van der Waals surface area (Å²) in [5.74, 6) is -1.02. The molecule has 19 heavy (non-hydrogen) atoms. The van der Waals surface area contributed by atoms with E-state index in [2.05, 4.69) is 5.32 Å². The summed E-state index contributed by atoms with van der Waals surface area (Å²) in [4.78, 5) is 25.2. The van der Waals surface area contributed by atoms with Gasteiger partial charge in [-0.3, -0.25) is 9.59 Å². The summed E-state index contributed by atoms with van der Waals surface area (Å²) in [5, 5.41) is 2.59. The Labute approximate surface area is 111 Å². The van der Waals surface area contributed by atoms with Crippen LogP contribution in [-0.4, -0.2) is 30.8 Å². The van der Waals surface area contributed by atoms with E-state index in [0.717, 1.165) is 0 Å². The first-order chi connectivity index (χ1) is 9.06. The topological polar surface area (TPSA) is 49.4 Å². The molecule has 0 bridgehead atoms. The molecule has 0 aromatic heterocycles. The van der Waals surface area contributed by atoms with Crippen molar-refractivity contribution in [3.05, 3.63) is 35.6 Å². The molecule has 1 aromatic carbocycles. The normalized spacial score (nSPS) is 23.3. The maximum Gasteiger partial charge on any atom is 0.225 e. The summed E-state index contributed by atoms with van der Waals surface area (Å²) in [6.45, 7) is 0. The van der Waals surface area contributed by atoms with Gasteiger partial charge in [0.2, 0.25) is 11.8 Å². The molecule has 0 radical (unpaired) electrons. The number of carbonyl (C=O) groups excluding carboxylic acids is 2. The fourth-order valence-corrected chi connectivity index (χ4v) is 2.64. The number of nitrogens with one attached hydrogen (secondary N) is 1. The molecule has 1 aliphatic rings. The Kier molecular flexibility index (Phi) is 3.83. The Morgan fingerprint density at radius 3 is 2.74 bits per heavy atom. The van der Waals surface area contributed by atoms with E-state index in [9.17, 15) is 14.0 Å². The number of rotatable bonds is 2. The molecule has 2 amide bonds. The summed E-state index contributed by atoms with van der Waals surface area (Å²) >= 11 is 0. The fourth-order valence-electron chi connectivity index (χ4n) is 2.64. The van der Waals surface area contributed by atoms with E-state index < -0.39 is 12.0 Å². The Morgan fingerprint density at radius 1 is 1.42 bits per heavy atom. The van der Waals surface area contributed by atoms with Crippen molar-refractivity contribution in [2.45, 2.75) is 18.9 Å². The van der Waals surface area contributed by atoms with Crippen LogP contribution in [0.2, 0.25) is 0 Å². The van der Waals surface area contributed by atoms with Crippen LogP contribution in [0.15, 0.2) is 24.3 Å². The SMILES string of the molecule is CNC(=O)[C@H]1CCC(=O)N(C)[C@@H]1c1ccccc1F. The number of amides is 2. The minimum Gasteiger partial charge on any atom is -0.359 e. The fraction of sp³-hybridized carbons (Fsp3) is 0.429. The van der Waals surface area contributed by atoms with E-state index in [0.29, 0.717) is 18.4 Å². The second kappa shape index (κ2) is 5.38. The smallest absolute Gasteiger partial charge is 0.225 e. The van der Waals surface area contributed by atoms with Crippen LogP contribution in [0.4, 0.5) is 4.39 Å². The van der Waals surface area contributed by atoms with Gasteiger partial charge >= 0.3 is 0 Å². The van der Waals surface area contributed by atoms with E-state index in [1.807, 2.05) is 0 Å². The second-order valence-electron chi connectivity index (χ2n) is 4.73. The van der Waals surface area contributed by atoms with Crippen molar-refractivity contribution in [3.8, 4) is 0 Å². The Morgan fingerprint density at radius 2 is 2.11 bits per heavy atom. The third kappa shape index (κ3) is 2.45. The Hall–Kier alpha value is -1.91. The van der Waals surface area contributed by atoms with Gasteiger partial charge < -0.3 is 10.2 Å². The number of piperidine rings is 1. The van der Waals surface area contributed by atoms with Crippen molar-refractivity contribution in [2.75, 3.05) is 14.1 Å². The van der Waals surface area contributed by atoms with Gasteiger partial charge in [-0.1, -0.05) is 18.2 Å². The van der Waals surface area contributed by atoms with Crippen LogP contribution < -0.4 is 5.32 Å². The highest BCUT2D eigenvalue weighted by Gasteiger charge is 2.39. The first-order valence-electron chi connectivity index (χ1n) is 6.28. The van der Waals surface area contributed by atoms with Crippen LogP contribution in [-0.2, 0) is 9.59 Å². The molecule has 1 saturated heterocycles. The van der Waals surface area contributed by atoms with E-state index in [-0.39, 0.29) is 17.6 Å². The lowest BCUT2D eigenvalue weighted by molar-refractivity contribution is -0.141. The van der Waals surface area contributed by atoms with Gasteiger partial charge in [0.05, 0.1) is 12.0 Å². The molecule has 0 saturated carbocycles. The predicted molar refractivity (Wildman–Crippen MR) is 68.7 cm³/mol. The van der Waals surface area contributed by atoms with Crippen molar-refractivity contribution >= 4 is 11.8 Å². The molecule has 1 fully saturated rings. The molecule has 1 aromatic rings. The van der Waals surface area contributed by atoms with Crippen LogP contribution >= 0.6 is 0 Å². The highest BCUT2D eigenvalue weighted by Crippen LogP contribution is 2.36. The summed E-state index contributed by atoms with van der Waals surface area (Å²) in [7, 11) is 3.17. The average molecular weight is 264 g/mol. The number of benzene rings is 1. The standard InChI is InChI=1S/C14H17FN2O2/c1-16-14(19)10-7-8-12(18)17(2)13(10)9-5-3-4-6-11(9)15/h3-6,10,13H,7-8H2,1-2H3,(H,16,19)/t10-,13+/m0/s1. The van der Waals surface area contributed by atoms with Crippen molar-refractivity contribution < 1.29 is 14.0 Å². The van der Waals surface area contributed by atoms with Crippen molar-refractivity contribution in [1.29, 1.82) is 0 Å². The van der Waals surface area contributed by atoms with Gasteiger partial charge in [-0.15, -0.1) is 0 Å². The van der Waals surface area contributed by atoms with Crippen LogP contribution in [0.5, 0.6) is 0 Å². The number of hydrogen-bond donors (Lipinski definition) is 1. The number of halogens is 1. The third-order valence-electron chi connectivity index (χ3n) is 3.67. The van der Waals surface area contributed by atoms with Gasteiger partial charge in [0.25, 0.3) is 0 Å². The lowest BCUT2D eigenvalue weighted by atomic mass is 9.84. The molecule has 2 atom stereocenters. The molecule has 102 valence electrons.